The van der Waals surface area contributed by atoms with Crippen LogP contribution < -0.4 is 5.73 Å². The van der Waals surface area contributed by atoms with Gasteiger partial charge in [0.25, 0.3) is 0 Å². The zero-order valence-electron chi connectivity index (χ0n) is 12.3. The highest BCUT2D eigenvalue weighted by Gasteiger charge is 2.18. The van der Waals surface area contributed by atoms with Crippen LogP contribution in [0.2, 0.25) is 0 Å². The molecule has 2 rings (SSSR count). The molecule has 21 heavy (non-hydrogen) atoms. The summed E-state index contributed by atoms with van der Waals surface area (Å²) in [5, 5.41) is 0. The van der Waals surface area contributed by atoms with Crippen molar-refractivity contribution in [1.29, 1.82) is 0 Å². The predicted molar refractivity (Wildman–Crippen MR) is 80.8 cm³/mol. The molecule has 2 N–H and O–H groups in total. The molecule has 112 valence electrons. The molecule has 0 bridgehead atoms. The summed E-state index contributed by atoms with van der Waals surface area (Å²) < 4.78 is 27.0. The second-order valence-corrected chi connectivity index (χ2v) is 5.26. The molecule has 0 spiro atoms. The van der Waals surface area contributed by atoms with Crippen LogP contribution in [0.3, 0.4) is 0 Å². The van der Waals surface area contributed by atoms with E-state index in [4.69, 9.17) is 5.73 Å². The Morgan fingerprint density at radius 3 is 2.48 bits per heavy atom. The van der Waals surface area contributed by atoms with Crippen LogP contribution in [0.15, 0.2) is 42.5 Å². The zero-order chi connectivity index (χ0) is 15.4. The minimum Gasteiger partial charge on any atom is -0.329 e. The maximum atomic E-state index is 13.7. The number of hydrogen-bond acceptors (Lipinski definition) is 2. The minimum absolute atomic E-state index is 0.0785. The van der Waals surface area contributed by atoms with E-state index in [0.29, 0.717) is 18.7 Å². The highest BCUT2D eigenvalue weighted by molar-refractivity contribution is 5.30. The topological polar surface area (TPSA) is 29.3 Å². The summed E-state index contributed by atoms with van der Waals surface area (Å²) in [5.74, 6) is -0.486. The molecule has 0 aliphatic rings. The summed E-state index contributed by atoms with van der Waals surface area (Å²) in [4.78, 5) is 1.98. The fourth-order valence-electron chi connectivity index (χ4n) is 2.56. The SMILES string of the molecule is Cc1cc(F)ccc1C(CN)N(C)Cc1ccccc1F. The molecule has 0 aliphatic carbocycles. The molecule has 2 aromatic rings. The van der Waals surface area contributed by atoms with Gasteiger partial charge in [0.15, 0.2) is 0 Å². The van der Waals surface area contributed by atoms with Crippen molar-refractivity contribution in [3.05, 3.63) is 70.8 Å². The first-order valence-corrected chi connectivity index (χ1v) is 6.92. The van der Waals surface area contributed by atoms with Crippen molar-refractivity contribution in [3.63, 3.8) is 0 Å². The molecular formula is C17H20F2N2. The number of likely N-dealkylation sites (N-methyl/N-ethyl adjacent to an activating group) is 1. The van der Waals surface area contributed by atoms with Crippen molar-refractivity contribution in [1.82, 2.24) is 4.90 Å². The van der Waals surface area contributed by atoms with Crippen LogP contribution in [-0.2, 0) is 6.54 Å². The molecule has 1 unspecified atom stereocenters. The van der Waals surface area contributed by atoms with Crippen molar-refractivity contribution in [3.8, 4) is 0 Å². The van der Waals surface area contributed by atoms with E-state index < -0.39 is 0 Å². The first-order valence-electron chi connectivity index (χ1n) is 6.92. The Morgan fingerprint density at radius 2 is 1.86 bits per heavy atom. The van der Waals surface area contributed by atoms with Crippen LogP contribution in [-0.4, -0.2) is 18.5 Å². The summed E-state index contributed by atoms with van der Waals surface area (Å²) in [5.41, 5.74) is 8.32. The second kappa shape index (κ2) is 6.78. The molecule has 1 atom stereocenters. The lowest BCUT2D eigenvalue weighted by Gasteiger charge is -2.28. The van der Waals surface area contributed by atoms with Crippen LogP contribution >= 0.6 is 0 Å². The Balaban J connectivity index is 2.22. The largest absolute Gasteiger partial charge is 0.329 e. The zero-order valence-corrected chi connectivity index (χ0v) is 12.3. The van der Waals surface area contributed by atoms with Crippen LogP contribution in [0.5, 0.6) is 0 Å². The van der Waals surface area contributed by atoms with E-state index in [1.165, 1.54) is 18.2 Å². The van der Waals surface area contributed by atoms with Gasteiger partial charge in [-0.15, -0.1) is 0 Å². The van der Waals surface area contributed by atoms with Crippen molar-refractivity contribution in [2.24, 2.45) is 5.73 Å². The highest BCUT2D eigenvalue weighted by atomic mass is 19.1. The molecule has 0 aliphatic heterocycles. The van der Waals surface area contributed by atoms with Crippen LogP contribution in [0.4, 0.5) is 8.78 Å². The molecule has 2 nitrogen and oxygen atoms in total. The van der Waals surface area contributed by atoms with Crippen LogP contribution in [0, 0.1) is 18.6 Å². The van der Waals surface area contributed by atoms with Gasteiger partial charge < -0.3 is 5.73 Å². The number of benzene rings is 2. The third-order valence-electron chi connectivity index (χ3n) is 3.72. The molecule has 0 aromatic heterocycles. The molecule has 0 saturated carbocycles. The van der Waals surface area contributed by atoms with Gasteiger partial charge in [0.05, 0.1) is 0 Å². The van der Waals surface area contributed by atoms with Crippen LogP contribution in [0.25, 0.3) is 0 Å². The van der Waals surface area contributed by atoms with E-state index in [0.717, 1.165) is 11.1 Å². The van der Waals surface area contributed by atoms with Gasteiger partial charge in [0.2, 0.25) is 0 Å². The minimum atomic E-state index is -0.260. The van der Waals surface area contributed by atoms with Gasteiger partial charge in [-0.05, 0) is 43.3 Å². The van der Waals surface area contributed by atoms with Gasteiger partial charge in [-0.3, -0.25) is 4.90 Å². The average molecular weight is 290 g/mol. The quantitative estimate of drug-likeness (QED) is 0.914. The monoisotopic (exact) mass is 290 g/mol. The fourth-order valence-corrected chi connectivity index (χ4v) is 2.56. The lowest BCUT2D eigenvalue weighted by Crippen LogP contribution is -2.31. The standard InChI is InChI=1S/C17H20F2N2/c1-12-9-14(18)7-8-15(12)17(10-20)21(2)11-13-5-3-4-6-16(13)19/h3-9,17H,10-11,20H2,1-2H3. The van der Waals surface area contributed by atoms with E-state index in [9.17, 15) is 8.78 Å². The number of hydrogen-bond donors (Lipinski definition) is 1. The Morgan fingerprint density at radius 1 is 1.14 bits per heavy atom. The first-order chi connectivity index (χ1) is 10.0. The molecule has 4 heteroatoms. The van der Waals surface area contributed by atoms with E-state index >= 15 is 0 Å². The molecule has 0 radical (unpaired) electrons. The van der Waals surface area contributed by atoms with Gasteiger partial charge in [-0.1, -0.05) is 24.3 Å². The van der Waals surface area contributed by atoms with Crippen molar-refractivity contribution in [2.75, 3.05) is 13.6 Å². The van der Waals surface area contributed by atoms with Gasteiger partial charge >= 0.3 is 0 Å². The van der Waals surface area contributed by atoms with E-state index in [1.807, 2.05) is 24.9 Å². The summed E-state index contributed by atoms with van der Waals surface area (Å²) in [6.07, 6.45) is 0. The molecule has 0 fully saturated rings. The molecule has 2 aromatic carbocycles. The van der Waals surface area contributed by atoms with Crippen molar-refractivity contribution >= 4 is 0 Å². The van der Waals surface area contributed by atoms with E-state index in [2.05, 4.69) is 0 Å². The summed E-state index contributed by atoms with van der Waals surface area (Å²) >= 11 is 0. The first kappa shape index (κ1) is 15.6. The van der Waals surface area contributed by atoms with Crippen LogP contribution in [0.1, 0.15) is 22.7 Å². The molecule has 0 amide bonds. The number of rotatable bonds is 5. The maximum absolute atomic E-state index is 13.7. The van der Waals surface area contributed by atoms with Gasteiger partial charge in [0, 0.05) is 24.7 Å². The molecule has 0 heterocycles. The third kappa shape index (κ3) is 3.65. The Bertz CT molecular complexity index is 613. The Kier molecular flexibility index (Phi) is 5.04. The Labute approximate surface area is 124 Å². The lowest BCUT2D eigenvalue weighted by atomic mass is 9.99. The smallest absolute Gasteiger partial charge is 0.127 e. The van der Waals surface area contributed by atoms with E-state index in [1.54, 1.807) is 18.2 Å². The maximum Gasteiger partial charge on any atom is 0.127 e. The highest BCUT2D eigenvalue weighted by Crippen LogP contribution is 2.24. The van der Waals surface area contributed by atoms with Gasteiger partial charge in [0.1, 0.15) is 11.6 Å². The predicted octanol–water partition coefficient (Wildman–Crippen LogP) is 3.41. The number of nitrogens with zero attached hydrogens (tertiary/aromatic N) is 1. The average Bonchev–Trinajstić information content (AvgIpc) is 2.44. The lowest BCUT2D eigenvalue weighted by molar-refractivity contribution is 0.238. The van der Waals surface area contributed by atoms with Gasteiger partial charge in [-0.25, -0.2) is 8.78 Å². The summed E-state index contributed by atoms with van der Waals surface area (Å²) in [7, 11) is 1.90. The fraction of sp³-hybridized carbons (Fsp3) is 0.294. The summed E-state index contributed by atoms with van der Waals surface area (Å²) in [6.45, 7) is 2.70. The van der Waals surface area contributed by atoms with E-state index in [-0.39, 0.29) is 17.7 Å². The Hall–Kier alpha value is -1.78. The van der Waals surface area contributed by atoms with Crippen molar-refractivity contribution < 1.29 is 8.78 Å². The molecular weight excluding hydrogens is 270 g/mol. The van der Waals surface area contributed by atoms with Crippen molar-refractivity contribution in [2.45, 2.75) is 19.5 Å². The second-order valence-electron chi connectivity index (χ2n) is 5.26. The third-order valence-corrected chi connectivity index (χ3v) is 3.72. The van der Waals surface area contributed by atoms with Gasteiger partial charge in [-0.2, -0.15) is 0 Å². The summed E-state index contributed by atoms with van der Waals surface area (Å²) in [6, 6.07) is 11.3. The number of halogens is 2. The molecule has 0 saturated heterocycles. The number of aryl methyl sites for hydroxylation is 1. The normalized spacial score (nSPS) is 12.7. The number of nitrogens with two attached hydrogens (primary N) is 1.